The number of thioether (sulfide) groups is 1. The van der Waals surface area contributed by atoms with Crippen LogP contribution >= 0.6 is 11.8 Å². The van der Waals surface area contributed by atoms with E-state index in [4.69, 9.17) is 0 Å². The van der Waals surface area contributed by atoms with Crippen molar-refractivity contribution in [3.63, 3.8) is 0 Å². The summed E-state index contributed by atoms with van der Waals surface area (Å²) in [6.45, 7) is 5.48. The van der Waals surface area contributed by atoms with E-state index < -0.39 is 32.9 Å². The molecule has 0 bridgehead atoms. The summed E-state index contributed by atoms with van der Waals surface area (Å²) in [6.07, 6.45) is 1.26. The fourth-order valence-corrected chi connectivity index (χ4v) is 5.15. The number of rotatable bonds is 7. The summed E-state index contributed by atoms with van der Waals surface area (Å²) in [6, 6.07) is 11.4. The Labute approximate surface area is 184 Å². The lowest BCUT2D eigenvalue weighted by Gasteiger charge is -2.13. The average molecular weight is 462 g/mol. The summed E-state index contributed by atoms with van der Waals surface area (Å²) in [5, 5.41) is 1.74. The van der Waals surface area contributed by atoms with Gasteiger partial charge in [0.2, 0.25) is 11.8 Å². The molecule has 0 radical (unpaired) electrons. The van der Waals surface area contributed by atoms with Gasteiger partial charge in [-0.05, 0) is 43.3 Å². The number of nitrogens with zero attached hydrogens (tertiary/aromatic N) is 2. The quantitative estimate of drug-likeness (QED) is 0.638. The van der Waals surface area contributed by atoms with Crippen LogP contribution < -0.4 is 5.32 Å². The molecule has 1 N–H and O–H groups in total. The molecular formula is C21H20FN3O4S2. The van der Waals surface area contributed by atoms with Gasteiger partial charge in [-0.3, -0.25) is 14.5 Å². The molecule has 0 aromatic heterocycles. The lowest BCUT2D eigenvalue weighted by Crippen LogP contribution is -2.33. The van der Waals surface area contributed by atoms with Crippen molar-refractivity contribution in [3.8, 4) is 0 Å². The highest BCUT2D eigenvalue weighted by atomic mass is 32.2. The van der Waals surface area contributed by atoms with E-state index in [2.05, 4.69) is 16.3 Å². The fourth-order valence-electron chi connectivity index (χ4n) is 2.79. The number of amides is 2. The molecular weight excluding hydrogens is 441 g/mol. The SMILES string of the molecule is C=CCN1C(=O)C(CC(=O)Nc2ccc(F)cc2)S/C1=N/S(=O)(=O)c1ccc(C)cc1. The molecule has 1 heterocycles. The minimum absolute atomic E-state index is 0.00899. The Morgan fingerprint density at radius 2 is 1.87 bits per heavy atom. The minimum atomic E-state index is -4.04. The van der Waals surface area contributed by atoms with Crippen molar-refractivity contribution in [3.05, 3.63) is 72.6 Å². The van der Waals surface area contributed by atoms with Crippen LogP contribution in [-0.4, -0.2) is 42.1 Å². The van der Waals surface area contributed by atoms with Crippen molar-refractivity contribution in [1.29, 1.82) is 0 Å². The van der Waals surface area contributed by atoms with Crippen LogP contribution in [0.3, 0.4) is 0 Å². The van der Waals surface area contributed by atoms with Crippen molar-refractivity contribution in [2.24, 2.45) is 4.40 Å². The second-order valence-corrected chi connectivity index (χ2v) is 9.54. The Hall–Kier alpha value is -2.98. The smallest absolute Gasteiger partial charge is 0.284 e. The summed E-state index contributed by atoms with van der Waals surface area (Å²) in [5.74, 6) is -1.33. The predicted octanol–water partition coefficient (Wildman–Crippen LogP) is 3.34. The van der Waals surface area contributed by atoms with Crippen LogP contribution in [0.15, 0.2) is 70.5 Å². The van der Waals surface area contributed by atoms with Crippen molar-refractivity contribution >= 4 is 44.5 Å². The fraction of sp³-hybridized carbons (Fsp3) is 0.190. The van der Waals surface area contributed by atoms with Crippen LogP contribution in [0.25, 0.3) is 0 Å². The van der Waals surface area contributed by atoms with Gasteiger partial charge < -0.3 is 5.32 Å². The molecule has 1 unspecified atom stereocenters. The molecule has 1 atom stereocenters. The van der Waals surface area contributed by atoms with E-state index in [0.717, 1.165) is 17.3 Å². The lowest BCUT2D eigenvalue weighted by molar-refractivity contribution is -0.127. The lowest BCUT2D eigenvalue weighted by atomic mass is 10.2. The molecule has 1 saturated heterocycles. The monoisotopic (exact) mass is 461 g/mol. The topological polar surface area (TPSA) is 95.9 Å². The molecule has 1 aliphatic rings. The third kappa shape index (κ3) is 5.59. The summed E-state index contributed by atoms with van der Waals surface area (Å²) < 4.78 is 42.2. The third-order valence-electron chi connectivity index (χ3n) is 4.35. The maximum Gasteiger partial charge on any atom is 0.284 e. The van der Waals surface area contributed by atoms with Crippen LogP contribution in [0.4, 0.5) is 10.1 Å². The van der Waals surface area contributed by atoms with E-state index in [-0.39, 0.29) is 23.0 Å². The standard InChI is InChI=1S/C21H20FN3O4S2/c1-3-12-25-20(27)18(13-19(26)23-16-8-6-15(22)7-9-16)30-21(25)24-31(28,29)17-10-4-14(2)5-11-17/h3-11,18H,1,12-13H2,2H3,(H,23,26)/b24-21+. The predicted molar refractivity (Wildman–Crippen MR) is 119 cm³/mol. The summed E-state index contributed by atoms with van der Waals surface area (Å²) >= 11 is 0.911. The normalized spacial score (nSPS) is 17.7. The number of aryl methyl sites for hydroxylation is 1. The molecule has 1 fully saturated rings. The van der Waals surface area contributed by atoms with Gasteiger partial charge in [0.25, 0.3) is 10.0 Å². The van der Waals surface area contributed by atoms with E-state index in [1.807, 2.05) is 6.92 Å². The Balaban J connectivity index is 1.78. The number of carbonyl (C=O) groups is 2. The molecule has 0 spiro atoms. The second-order valence-electron chi connectivity index (χ2n) is 6.77. The van der Waals surface area contributed by atoms with Crippen LogP contribution in [-0.2, 0) is 19.6 Å². The van der Waals surface area contributed by atoms with Gasteiger partial charge in [-0.1, -0.05) is 35.5 Å². The number of nitrogens with one attached hydrogen (secondary N) is 1. The molecule has 0 aliphatic carbocycles. The van der Waals surface area contributed by atoms with Gasteiger partial charge in [-0.25, -0.2) is 4.39 Å². The number of carbonyl (C=O) groups excluding carboxylic acids is 2. The second kappa shape index (κ2) is 9.44. The highest BCUT2D eigenvalue weighted by Crippen LogP contribution is 2.31. The van der Waals surface area contributed by atoms with Gasteiger partial charge in [0.1, 0.15) is 11.1 Å². The van der Waals surface area contributed by atoms with E-state index in [1.165, 1.54) is 47.4 Å². The number of hydrogen-bond donors (Lipinski definition) is 1. The zero-order valence-electron chi connectivity index (χ0n) is 16.6. The van der Waals surface area contributed by atoms with Crippen LogP contribution in [0.5, 0.6) is 0 Å². The zero-order valence-corrected chi connectivity index (χ0v) is 18.2. The summed E-state index contributed by atoms with van der Waals surface area (Å²) in [7, 11) is -4.04. The molecule has 2 amide bonds. The van der Waals surface area contributed by atoms with Crippen molar-refractivity contribution in [2.45, 2.75) is 23.5 Å². The van der Waals surface area contributed by atoms with Gasteiger partial charge in [0.05, 0.1) is 4.90 Å². The van der Waals surface area contributed by atoms with E-state index in [0.29, 0.717) is 5.69 Å². The maximum absolute atomic E-state index is 13.0. The summed E-state index contributed by atoms with van der Waals surface area (Å²) in [5.41, 5.74) is 1.29. The number of anilines is 1. The number of sulfonamides is 1. The first kappa shape index (κ1) is 22.7. The first-order chi connectivity index (χ1) is 14.7. The average Bonchev–Trinajstić information content (AvgIpc) is 2.98. The molecule has 3 rings (SSSR count). The number of hydrogen-bond acceptors (Lipinski definition) is 5. The maximum atomic E-state index is 13.0. The van der Waals surface area contributed by atoms with Gasteiger partial charge >= 0.3 is 0 Å². The Morgan fingerprint density at radius 3 is 2.48 bits per heavy atom. The van der Waals surface area contributed by atoms with Gasteiger partial charge in [-0.2, -0.15) is 8.42 Å². The number of amidine groups is 1. The molecule has 0 saturated carbocycles. The molecule has 31 heavy (non-hydrogen) atoms. The highest BCUT2D eigenvalue weighted by molar-refractivity contribution is 8.16. The Bertz CT molecular complexity index is 1130. The van der Waals surface area contributed by atoms with Crippen molar-refractivity contribution < 1.29 is 22.4 Å². The molecule has 2 aromatic rings. The van der Waals surface area contributed by atoms with Crippen molar-refractivity contribution in [2.75, 3.05) is 11.9 Å². The van der Waals surface area contributed by atoms with E-state index >= 15 is 0 Å². The van der Waals surface area contributed by atoms with Crippen LogP contribution in [0.2, 0.25) is 0 Å². The van der Waals surface area contributed by atoms with Gasteiger partial charge in [0.15, 0.2) is 5.17 Å². The molecule has 1 aliphatic heterocycles. The number of halogens is 1. The number of benzene rings is 2. The molecule has 2 aromatic carbocycles. The molecule has 162 valence electrons. The Kier molecular flexibility index (Phi) is 6.91. The minimum Gasteiger partial charge on any atom is -0.326 e. The van der Waals surface area contributed by atoms with E-state index in [9.17, 15) is 22.4 Å². The first-order valence-electron chi connectivity index (χ1n) is 9.25. The largest absolute Gasteiger partial charge is 0.326 e. The van der Waals surface area contributed by atoms with Gasteiger partial charge in [0, 0.05) is 18.7 Å². The summed E-state index contributed by atoms with van der Waals surface area (Å²) in [4.78, 5) is 26.3. The molecule has 10 heteroatoms. The van der Waals surface area contributed by atoms with Crippen molar-refractivity contribution in [1.82, 2.24) is 4.90 Å². The van der Waals surface area contributed by atoms with Crippen LogP contribution in [0.1, 0.15) is 12.0 Å². The molecule has 7 nitrogen and oxygen atoms in total. The van der Waals surface area contributed by atoms with Gasteiger partial charge in [-0.15, -0.1) is 11.0 Å². The van der Waals surface area contributed by atoms with E-state index in [1.54, 1.807) is 12.1 Å². The Morgan fingerprint density at radius 1 is 1.23 bits per heavy atom. The van der Waals surface area contributed by atoms with Crippen LogP contribution in [0, 0.1) is 12.7 Å². The highest BCUT2D eigenvalue weighted by Gasteiger charge is 2.39. The first-order valence-corrected chi connectivity index (χ1v) is 11.6. The third-order valence-corrected chi connectivity index (χ3v) is 6.92. The zero-order chi connectivity index (χ0) is 22.6.